The Hall–Kier alpha value is -3.13. The molecule has 3 aromatic rings. The fraction of sp³-hybridized carbons (Fsp3) is 0.158. The van der Waals surface area contributed by atoms with Gasteiger partial charge in [0.25, 0.3) is 10.0 Å². The average Bonchev–Trinajstić information content (AvgIpc) is 2.62. The summed E-state index contributed by atoms with van der Waals surface area (Å²) in [4.78, 5) is 8.57. The van der Waals surface area contributed by atoms with Crippen molar-refractivity contribution >= 4 is 15.7 Å². The molecule has 8 heteroatoms. The van der Waals surface area contributed by atoms with Crippen molar-refractivity contribution in [2.24, 2.45) is 0 Å². The number of sulfonamides is 1. The Morgan fingerprint density at radius 2 is 1.41 bits per heavy atom. The maximum atomic E-state index is 12.4. The van der Waals surface area contributed by atoms with Crippen LogP contribution < -0.4 is 14.2 Å². The van der Waals surface area contributed by atoms with Gasteiger partial charge in [0.2, 0.25) is 0 Å². The van der Waals surface area contributed by atoms with Crippen molar-refractivity contribution in [1.82, 2.24) is 9.97 Å². The van der Waals surface area contributed by atoms with Gasteiger partial charge in [0.1, 0.15) is 11.5 Å². The number of aromatic nitrogens is 2. The van der Waals surface area contributed by atoms with Crippen LogP contribution in [0.15, 0.2) is 59.5 Å². The highest BCUT2D eigenvalue weighted by Crippen LogP contribution is 2.23. The molecule has 0 saturated carbocycles. The number of anilines is 1. The van der Waals surface area contributed by atoms with E-state index in [1.165, 1.54) is 19.2 Å². The third kappa shape index (κ3) is 4.73. The van der Waals surface area contributed by atoms with Crippen LogP contribution in [0, 0.1) is 13.8 Å². The van der Waals surface area contributed by atoms with Crippen LogP contribution in [-0.4, -0.2) is 25.5 Å². The van der Waals surface area contributed by atoms with Crippen LogP contribution in [0.25, 0.3) is 0 Å². The fourth-order valence-corrected chi connectivity index (χ4v) is 3.46. The second-order valence-electron chi connectivity index (χ2n) is 5.84. The Labute approximate surface area is 158 Å². The van der Waals surface area contributed by atoms with Gasteiger partial charge in [0.05, 0.1) is 12.0 Å². The number of nitrogens with zero attached hydrogens (tertiary/aromatic N) is 2. The topological polar surface area (TPSA) is 90.4 Å². The molecular weight excluding hydrogens is 366 g/mol. The van der Waals surface area contributed by atoms with E-state index in [0.717, 1.165) is 11.4 Å². The van der Waals surface area contributed by atoms with Crippen molar-refractivity contribution in [3.63, 3.8) is 0 Å². The molecule has 0 fully saturated rings. The first-order valence-electron chi connectivity index (χ1n) is 8.13. The summed E-state index contributed by atoms with van der Waals surface area (Å²) in [6.45, 7) is 3.72. The standard InChI is InChI=1S/C19H19N3O4S/c1-13-12-14(2)21-19(20-13)26-17-6-4-15(5-7-17)22-27(23,24)18-10-8-16(25-3)9-11-18/h4-12,22H,1-3H3. The van der Waals surface area contributed by atoms with Crippen molar-refractivity contribution in [1.29, 1.82) is 0 Å². The van der Waals surface area contributed by atoms with Crippen molar-refractivity contribution in [2.75, 3.05) is 11.8 Å². The quantitative estimate of drug-likeness (QED) is 0.696. The summed E-state index contributed by atoms with van der Waals surface area (Å²) in [6.07, 6.45) is 0. The number of aryl methyl sites for hydroxylation is 2. The van der Waals surface area contributed by atoms with Gasteiger partial charge in [-0.15, -0.1) is 0 Å². The van der Waals surface area contributed by atoms with Crippen molar-refractivity contribution in [2.45, 2.75) is 18.7 Å². The molecule has 0 radical (unpaired) electrons. The van der Waals surface area contributed by atoms with Gasteiger partial charge in [0.15, 0.2) is 0 Å². The third-order valence-corrected chi connectivity index (χ3v) is 5.04. The highest BCUT2D eigenvalue weighted by Gasteiger charge is 2.14. The largest absolute Gasteiger partial charge is 0.497 e. The van der Waals surface area contributed by atoms with Crippen LogP contribution in [0.2, 0.25) is 0 Å². The van der Waals surface area contributed by atoms with Crippen molar-refractivity contribution in [3.8, 4) is 17.5 Å². The minimum atomic E-state index is -3.69. The summed E-state index contributed by atoms with van der Waals surface area (Å²) in [5.41, 5.74) is 2.03. The molecule has 0 atom stereocenters. The van der Waals surface area contributed by atoms with Crippen LogP contribution in [-0.2, 0) is 10.0 Å². The van der Waals surface area contributed by atoms with E-state index in [-0.39, 0.29) is 10.9 Å². The third-order valence-electron chi connectivity index (χ3n) is 3.65. The number of methoxy groups -OCH3 is 1. The summed E-state index contributed by atoms with van der Waals surface area (Å²) in [5, 5.41) is 0. The lowest BCUT2D eigenvalue weighted by atomic mass is 10.3. The van der Waals surface area contributed by atoms with E-state index in [1.54, 1.807) is 36.4 Å². The van der Waals surface area contributed by atoms with Gasteiger partial charge in [-0.25, -0.2) is 18.4 Å². The van der Waals surface area contributed by atoms with Crippen LogP contribution in [0.4, 0.5) is 5.69 Å². The van der Waals surface area contributed by atoms with Crippen LogP contribution in [0.1, 0.15) is 11.4 Å². The molecule has 140 valence electrons. The molecule has 0 aliphatic heterocycles. The van der Waals surface area contributed by atoms with Gasteiger partial charge < -0.3 is 9.47 Å². The fourth-order valence-electron chi connectivity index (χ4n) is 2.40. The van der Waals surface area contributed by atoms with E-state index in [4.69, 9.17) is 9.47 Å². The molecular formula is C19H19N3O4S. The van der Waals surface area contributed by atoms with E-state index in [0.29, 0.717) is 17.2 Å². The molecule has 0 unspecified atom stereocenters. The normalized spacial score (nSPS) is 11.1. The van der Waals surface area contributed by atoms with E-state index < -0.39 is 10.0 Å². The lowest BCUT2D eigenvalue weighted by molar-refractivity contribution is 0.414. The smallest absolute Gasteiger partial charge is 0.322 e. The van der Waals surface area contributed by atoms with Gasteiger partial charge in [-0.05, 0) is 68.4 Å². The first-order chi connectivity index (χ1) is 12.9. The van der Waals surface area contributed by atoms with Crippen molar-refractivity contribution < 1.29 is 17.9 Å². The Morgan fingerprint density at radius 1 is 0.852 bits per heavy atom. The average molecular weight is 385 g/mol. The zero-order valence-electron chi connectivity index (χ0n) is 15.1. The molecule has 0 bridgehead atoms. The first-order valence-corrected chi connectivity index (χ1v) is 9.61. The molecule has 0 aliphatic carbocycles. The Kier molecular flexibility index (Phi) is 5.27. The van der Waals surface area contributed by atoms with Crippen LogP contribution in [0.3, 0.4) is 0 Å². The summed E-state index contributed by atoms with van der Waals surface area (Å²) in [7, 11) is -2.17. The zero-order valence-corrected chi connectivity index (χ0v) is 15.9. The van der Waals surface area contributed by atoms with Crippen molar-refractivity contribution in [3.05, 3.63) is 66.0 Å². The summed E-state index contributed by atoms with van der Waals surface area (Å²) in [6, 6.07) is 14.8. The predicted molar refractivity (Wildman–Crippen MR) is 102 cm³/mol. The second-order valence-corrected chi connectivity index (χ2v) is 7.52. The number of nitrogens with one attached hydrogen (secondary N) is 1. The van der Waals surface area contributed by atoms with Gasteiger partial charge in [0, 0.05) is 17.1 Å². The number of hydrogen-bond donors (Lipinski definition) is 1. The summed E-state index contributed by atoms with van der Waals surface area (Å²) >= 11 is 0. The lowest BCUT2D eigenvalue weighted by Gasteiger charge is -2.10. The molecule has 0 saturated heterocycles. The molecule has 0 aliphatic rings. The Bertz CT molecular complexity index is 1010. The molecule has 1 aromatic heterocycles. The molecule has 27 heavy (non-hydrogen) atoms. The highest BCUT2D eigenvalue weighted by atomic mass is 32.2. The number of ether oxygens (including phenoxy) is 2. The summed E-state index contributed by atoms with van der Waals surface area (Å²) < 4.78 is 38.1. The minimum absolute atomic E-state index is 0.146. The van der Waals surface area contributed by atoms with Crippen LogP contribution in [0.5, 0.6) is 17.5 Å². The van der Waals surface area contributed by atoms with Gasteiger partial charge in [-0.3, -0.25) is 4.72 Å². The predicted octanol–water partition coefficient (Wildman–Crippen LogP) is 3.70. The summed E-state index contributed by atoms with van der Waals surface area (Å²) in [5.74, 6) is 1.09. The van der Waals surface area contributed by atoms with Crippen LogP contribution >= 0.6 is 0 Å². The molecule has 1 heterocycles. The Morgan fingerprint density at radius 3 is 1.96 bits per heavy atom. The molecule has 3 rings (SSSR count). The van der Waals surface area contributed by atoms with E-state index in [1.807, 2.05) is 19.9 Å². The number of hydrogen-bond acceptors (Lipinski definition) is 6. The van der Waals surface area contributed by atoms with Gasteiger partial charge >= 0.3 is 6.01 Å². The van der Waals surface area contributed by atoms with E-state index in [2.05, 4.69) is 14.7 Å². The van der Waals surface area contributed by atoms with Gasteiger partial charge in [-0.2, -0.15) is 0 Å². The molecule has 2 aromatic carbocycles. The SMILES string of the molecule is COc1ccc(S(=O)(=O)Nc2ccc(Oc3nc(C)cc(C)n3)cc2)cc1. The Balaban J connectivity index is 1.72. The van der Waals surface area contributed by atoms with Gasteiger partial charge in [-0.1, -0.05) is 0 Å². The minimum Gasteiger partial charge on any atom is -0.497 e. The maximum Gasteiger partial charge on any atom is 0.322 e. The molecule has 0 amide bonds. The van der Waals surface area contributed by atoms with E-state index in [9.17, 15) is 8.42 Å². The monoisotopic (exact) mass is 385 g/mol. The highest BCUT2D eigenvalue weighted by molar-refractivity contribution is 7.92. The number of benzene rings is 2. The number of rotatable bonds is 6. The second kappa shape index (κ2) is 7.63. The molecule has 0 spiro atoms. The van der Waals surface area contributed by atoms with E-state index >= 15 is 0 Å². The molecule has 7 nitrogen and oxygen atoms in total. The maximum absolute atomic E-state index is 12.4. The lowest BCUT2D eigenvalue weighted by Crippen LogP contribution is -2.12. The zero-order chi connectivity index (χ0) is 19.4. The first kappa shape index (κ1) is 18.7. The molecule has 1 N–H and O–H groups in total.